The van der Waals surface area contributed by atoms with E-state index in [-0.39, 0.29) is 0 Å². The normalized spacial score (nSPS) is 27.5. The number of pyridine rings is 1. The Kier molecular flexibility index (Phi) is 2.39. The first-order chi connectivity index (χ1) is 6.72. The number of hydrogen-bond donors (Lipinski definition) is 3. The van der Waals surface area contributed by atoms with E-state index in [0.717, 1.165) is 24.9 Å². The number of anilines is 1. The SMILES string of the molecule is Nc1ncccc1C1(O)CCCNC1. The third kappa shape index (κ3) is 1.58. The molecule has 76 valence electrons. The summed E-state index contributed by atoms with van der Waals surface area (Å²) in [5.41, 5.74) is 5.64. The molecule has 1 unspecified atom stereocenters. The van der Waals surface area contributed by atoms with Crippen LogP contribution in [-0.4, -0.2) is 23.2 Å². The Morgan fingerprint density at radius 2 is 2.43 bits per heavy atom. The number of hydrogen-bond acceptors (Lipinski definition) is 4. The smallest absolute Gasteiger partial charge is 0.129 e. The van der Waals surface area contributed by atoms with E-state index in [1.807, 2.05) is 6.07 Å². The Morgan fingerprint density at radius 3 is 3.07 bits per heavy atom. The largest absolute Gasteiger partial charge is 0.384 e. The van der Waals surface area contributed by atoms with E-state index in [0.29, 0.717) is 12.4 Å². The van der Waals surface area contributed by atoms with Gasteiger partial charge in [-0.05, 0) is 25.5 Å². The van der Waals surface area contributed by atoms with Crippen LogP contribution in [0, 0.1) is 0 Å². The molecule has 0 aromatic carbocycles. The van der Waals surface area contributed by atoms with Crippen molar-refractivity contribution < 1.29 is 5.11 Å². The van der Waals surface area contributed by atoms with Crippen LogP contribution in [0.4, 0.5) is 5.82 Å². The Morgan fingerprint density at radius 1 is 1.57 bits per heavy atom. The van der Waals surface area contributed by atoms with Gasteiger partial charge in [0.1, 0.15) is 11.4 Å². The molecule has 2 rings (SSSR count). The summed E-state index contributed by atoms with van der Waals surface area (Å²) in [7, 11) is 0. The second kappa shape index (κ2) is 3.55. The molecule has 1 aromatic rings. The van der Waals surface area contributed by atoms with Crippen LogP contribution < -0.4 is 11.1 Å². The summed E-state index contributed by atoms with van der Waals surface area (Å²) in [5.74, 6) is 0.429. The monoisotopic (exact) mass is 193 g/mol. The molecule has 4 heteroatoms. The number of nitrogens with two attached hydrogens (primary N) is 1. The highest BCUT2D eigenvalue weighted by Crippen LogP contribution is 2.30. The van der Waals surface area contributed by atoms with E-state index in [9.17, 15) is 5.11 Å². The van der Waals surface area contributed by atoms with Crippen LogP contribution in [0.25, 0.3) is 0 Å². The Labute approximate surface area is 83.2 Å². The van der Waals surface area contributed by atoms with E-state index in [4.69, 9.17) is 5.73 Å². The van der Waals surface area contributed by atoms with Crippen molar-refractivity contribution in [1.82, 2.24) is 10.3 Å². The zero-order valence-electron chi connectivity index (χ0n) is 8.03. The lowest BCUT2D eigenvalue weighted by atomic mass is 9.87. The van der Waals surface area contributed by atoms with Crippen LogP contribution >= 0.6 is 0 Å². The van der Waals surface area contributed by atoms with Gasteiger partial charge >= 0.3 is 0 Å². The second-order valence-corrected chi connectivity index (χ2v) is 3.75. The van der Waals surface area contributed by atoms with E-state index >= 15 is 0 Å². The Balaban J connectivity index is 2.32. The molecule has 1 saturated heterocycles. The fourth-order valence-electron chi connectivity index (χ4n) is 1.93. The van der Waals surface area contributed by atoms with Crippen LogP contribution in [0.2, 0.25) is 0 Å². The van der Waals surface area contributed by atoms with Gasteiger partial charge in [0.05, 0.1) is 0 Å². The van der Waals surface area contributed by atoms with Gasteiger partial charge < -0.3 is 16.2 Å². The summed E-state index contributed by atoms with van der Waals surface area (Å²) < 4.78 is 0. The summed E-state index contributed by atoms with van der Waals surface area (Å²) >= 11 is 0. The summed E-state index contributed by atoms with van der Waals surface area (Å²) in [5, 5.41) is 13.5. The molecule has 2 heterocycles. The molecule has 1 fully saturated rings. The van der Waals surface area contributed by atoms with Gasteiger partial charge in [-0.15, -0.1) is 0 Å². The summed E-state index contributed by atoms with van der Waals surface area (Å²) in [6.45, 7) is 1.52. The van der Waals surface area contributed by atoms with Crippen molar-refractivity contribution >= 4 is 5.82 Å². The third-order valence-electron chi connectivity index (χ3n) is 2.70. The number of β-amino-alcohol motifs (C(OH)–C–C–N with tert-alkyl or cyclic N) is 1. The van der Waals surface area contributed by atoms with Crippen LogP contribution in [0.1, 0.15) is 18.4 Å². The number of nitrogens with one attached hydrogen (secondary N) is 1. The molecule has 1 aliphatic rings. The van der Waals surface area contributed by atoms with Gasteiger partial charge in [0.15, 0.2) is 0 Å². The van der Waals surface area contributed by atoms with Crippen molar-refractivity contribution in [1.29, 1.82) is 0 Å². The van der Waals surface area contributed by atoms with Gasteiger partial charge in [0.25, 0.3) is 0 Å². The van der Waals surface area contributed by atoms with Gasteiger partial charge in [0.2, 0.25) is 0 Å². The predicted molar refractivity (Wildman–Crippen MR) is 54.6 cm³/mol. The van der Waals surface area contributed by atoms with Gasteiger partial charge in [0, 0.05) is 18.3 Å². The zero-order chi connectivity index (χ0) is 10.0. The summed E-state index contributed by atoms with van der Waals surface area (Å²) in [6, 6.07) is 3.65. The minimum Gasteiger partial charge on any atom is -0.384 e. The number of aromatic nitrogens is 1. The molecule has 4 nitrogen and oxygen atoms in total. The van der Waals surface area contributed by atoms with E-state index in [2.05, 4.69) is 10.3 Å². The molecular formula is C10H15N3O. The van der Waals surface area contributed by atoms with Crippen molar-refractivity contribution in [3.8, 4) is 0 Å². The quantitative estimate of drug-likeness (QED) is 0.597. The lowest BCUT2D eigenvalue weighted by Gasteiger charge is -2.33. The molecule has 0 amide bonds. The molecule has 14 heavy (non-hydrogen) atoms. The lowest BCUT2D eigenvalue weighted by Crippen LogP contribution is -2.43. The van der Waals surface area contributed by atoms with Gasteiger partial charge in [-0.25, -0.2) is 4.98 Å². The van der Waals surface area contributed by atoms with E-state index in [1.165, 1.54) is 0 Å². The fraction of sp³-hybridized carbons (Fsp3) is 0.500. The highest BCUT2D eigenvalue weighted by molar-refractivity contribution is 5.43. The first-order valence-corrected chi connectivity index (χ1v) is 4.86. The standard InChI is InChI=1S/C10H15N3O/c11-9-8(3-1-6-13-9)10(14)4-2-5-12-7-10/h1,3,6,12,14H,2,4-5,7H2,(H2,11,13). The van der Waals surface area contributed by atoms with Crippen molar-refractivity contribution in [2.45, 2.75) is 18.4 Å². The molecular weight excluding hydrogens is 178 g/mol. The van der Waals surface area contributed by atoms with Crippen molar-refractivity contribution in [2.24, 2.45) is 0 Å². The summed E-state index contributed by atoms with van der Waals surface area (Å²) in [6.07, 6.45) is 3.35. The molecule has 1 aliphatic heterocycles. The molecule has 0 bridgehead atoms. The lowest BCUT2D eigenvalue weighted by molar-refractivity contribution is 0.0128. The minimum atomic E-state index is -0.837. The highest BCUT2D eigenvalue weighted by atomic mass is 16.3. The van der Waals surface area contributed by atoms with Gasteiger partial charge in [-0.2, -0.15) is 0 Å². The highest BCUT2D eigenvalue weighted by Gasteiger charge is 2.32. The topological polar surface area (TPSA) is 71.2 Å². The van der Waals surface area contributed by atoms with E-state index < -0.39 is 5.60 Å². The van der Waals surface area contributed by atoms with Crippen molar-refractivity contribution in [3.63, 3.8) is 0 Å². The molecule has 1 aromatic heterocycles. The number of aliphatic hydroxyl groups is 1. The molecule has 0 radical (unpaired) electrons. The number of nitrogen functional groups attached to an aromatic ring is 1. The molecule has 4 N–H and O–H groups in total. The Bertz CT molecular complexity index is 321. The maximum atomic E-state index is 10.3. The van der Waals surface area contributed by atoms with Gasteiger partial charge in [-0.1, -0.05) is 6.07 Å². The predicted octanol–water partition coefficient (Wildman–Crippen LogP) is 0.235. The van der Waals surface area contributed by atoms with Crippen molar-refractivity contribution in [3.05, 3.63) is 23.9 Å². The van der Waals surface area contributed by atoms with Crippen LogP contribution in [0.5, 0.6) is 0 Å². The summed E-state index contributed by atoms with van der Waals surface area (Å²) in [4.78, 5) is 3.99. The average Bonchev–Trinajstić information content (AvgIpc) is 2.19. The van der Waals surface area contributed by atoms with Crippen LogP contribution in [0.15, 0.2) is 18.3 Å². The third-order valence-corrected chi connectivity index (χ3v) is 2.70. The van der Waals surface area contributed by atoms with Crippen LogP contribution in [0.3, 0.4) is 0 Å². The number of rotatable bonds is 1. The molecule has 0 spiro atoms. The maximum absolute atomic E-state index is 10.3. The van der Waals surface area contributed by atoms with Crippen LogP contribution in [-0.2, 0) is 5.60 Å². The minimum absolute atomic E-state index is 0.429. The molecule has 0 saturated carbocycles. The number of piperidine rings is 1. The van der Waals surface area contributed by atoms with Gasteiger partial charge in [-0.3, -0.25) is 0 Å². The maximum Gasteiger partial charge on any atom is 0.129 e. The Hall–Kier alpha value is -1.13. The number of nitrogens with zero attached hydrogens (tertiary/aromatic N) is 1. The zero-order valence-corrected chi connectivity index (χ0v) is 8.03. The molecule has 0 aliphatic carbocycles. The second-order valence-electron chi connectivity index (χ2n) is 3.75. The average molecular weight is 193 g/mol. The first kappa shape index (κ1) is 9.43. The van der Waals surface area contributed by atoms with E-state index in [1.54, 1.807) is 12.3 Å². The van der Waals surface area contributed by atoms with Crippen molar-refractivity contribution in [2.75, 3.05) is 18.8 Å². The first-order valence-electron chi connectivity index (χ1n) is 4.86. The molecule has 1 atom stereocenters. The fourth-order valence-corrected chi connectivity index (χ4v) is 1.93.